The molecular weight excluding hydrogens is 262 g/mol. The van der Waals surface area contributed by atoms with E-state index >= 15 is 0 Å². The van der Waals surface area contributed by atoms with Crippen LogP contribution in [0.3, 0.4) is 0 Å². The highest BCUT2D eigenvalue weighted by Gasteiger charge is 2.31. The number of rotatable bonds is 6. The van der Waals surface area contributed by atoms with Crippen molar-refractivity contribution in [1.82, 2.24) is 9.97 Å². The molecule has 1 aliphatic rings. The van der Waals surface area contributed by atoms with Gasteiger partial charge in [-0.25, -0.2) is 9.97 Å². The lowest BCUT2D eigenvalue weighted by Crippen LogP contribution is -2.31. The molecule has 1 heterocycles. The lowest BCUT2D eigenvalue weighted by molar-refractivity contribution is 0.204. The Morgan fingerprint density at radius 3 is 2.58 bits per heavy atom. The standard InChI is InChI=1S/C14H22ClN3O/c1-9(2)13-16-12(15)10(3)14(17-13)18(7-8-19-4)11-5-6-11/h9,11H,5-8H2,1-4H3. The second-order valence-electron chi connectivity index (χ2n) is 5.39. The van der Waals surface area contributed by atoms with Crippen molar-refractivity contribution in [3.8, 4) is 0 Å². The molecule has 106 valence electrons. The Bertz CT molecular complexity index is 447. The van der Waals surface area contributed by atoms with Crippen LogP contribution in [0.5, 0.6) is 0 Å². The molecule has 0 radical (unpaired) electrons. The summed E-state index contributed by atoms with van der Waals surface area (Å²) in [7, 11) is 1.73. The van der Waals surface area contributed by atoms with Gasteiger partial charge in [-0.1, -0.05) is 25.4 Å². The first-order chi connectivity index (χ1) is 9.04. The van der Waals surface area contributed by atoms with E-state index in [4.69, 9.17) is 21.3 Å². The van der Waals surface area contributed by atoms with Gasteiger partial charge in [0, 0.05) is 31.2 Å². The summed E-state index contributed by atoms with van der Waals surface area (Å²) in [5, 5.41) is 0.566. The van der Waals surface area contributed by atoms with Crippen molar-refractivity contribution < 1.29 is 4.74 Å². The summed E-state index contributed by atoms with van der Waals surface area (Å²) < 4.78 is 5.20. The van der Waals surface area contributed by atoms with Crippen LogP contribution in [-0.4, -0.2) is 36.3 Å². The highest BCUT2D eigenvalue weighted by Crippen LogP contribution is 2.34. The summed E-state index contributed by atoms with van der Waals surface area (Å²) in [4.78, 5) is 11.4. The average molecular weight is 284 g/mol. The van der Waals surface area contributed by atoms with Crippen LogP contribution in [0, 0.1) is 6.92 Å². The average Bonchev–Trinajstić information content (AvgIpc) is 3.18. The first-order valence-electron chi connectivity index (χ1n) is 6.84. The smallest absolute Gasteiger partial charge is 0.137 e. The Morgan fingerprint density at radius 1 is 1.37 bits per heavy atom. The minimum atomic E-state index is 0.278. The van der Waals surface area contributed by atoms with Crippen LogP contribution >= 0.6 is 11.6 Å². The summed E-state index contributed by atoms with van der Waals surface area (Å²) in [5.41, 5.74) is 0.967. The zero-order valence-corrected chi connectivity index (χ0v) is 12.9. The van der Waals surface area contributed by atoms with Crippen LogP contribution in [0.4, 0.5) is 5.82 Å². The SMILES string of the molecule is COCCN(c1nc(C(C)C)nc(Cl)c1C)C1CC1. The van der Waals surface area contributed by atoms with Crippen LogP contribution in [-0.2, 0) is 4.74 Å². The molecule has 0 N–H and O–H groups in total. The Morgan fingerprint density at radius 2 is 2.05 bits per heavy atom. The predicted molar refractivity (Wildman–Crippen MR) is 78.1 cm³/mol. The van der Waals surface area contributed by atoms with Gasteiger partial charge >= 0.3 is 0 Å². The molecule has 1 fully saturated rings. The van der Waals surface area contributed by atoms with Gasteiger partial charge in [0.25, 0.3) is 0 Å². The van der Waals surface area contributed by atoms with E-state index in [9.17, 15) is 0 Å². The molecule has 1 aromatic heterocycles. The van der Waals surface area contributed by atoms with Crippen LogP contribution in [0.1, 0.15) is 44.0 Å². The first-order valence-corrected chi connectivity index (χ1v) is 7.22. The maximum absolute atomic E-state index is 6.26. The molecule has 0 bridgehead atoms. The molecule has 0 unspecified atom stereocenters. The molecule has 1 aromatic rings. The van der Waals surface area contributed by atoms with Crippen molar-refractivity contribution in [1.29, 1.82) is 0 Å². The molecule has 0 saturated heterocycles. The van der Waals surface area contributed by atoms with E-state index in [0.29, 0.717) is 17.8 Å². The number of methoxy groups -OCH3 is 1. The van der Waals surface area contributed by atoms with Gasteiger partial charge < -0.3 is 9.64 Å². The van der Waals surface area contributed by atoms with Gasteiger partial charge in [0.05, 0.1) is 6.61 Å². The fourth-order valence-corrected chi connectivity index (χ4v) is 2.24. The number of ether oxygens (including phenoxy) is 1. The van der Waals surface area contributed by atoms with Crippen molar-refractivity contribution in [3.63, 3.8) is 0 Å². The third-order valence-corrected chi connectivity index (χ3v) is 3.76. The molecule has 0 aliphatic heterocycles. The van der Waals surface area contributed by atoms with Crippen molar-refractivity contribution in [2.75, 3.05) is 25.2 Å². The Balaban J connectivity index is 2.34. The van der Waals surface area contributed by atoms with Crippen LogP contribution in [0.2, 0.25) is 5.15 Å². The maximum atomic E-state index is 6.26. The third kappa shape index (κ3) is 3.37. The van der Waals surface area contributed by atoms with E-state index in [1.165, 1.54) is 12.8 Å². The normalized spacial score (nSPS) is 15.1. The number of nitrogens with zero attached hydrogens (tertiary/aromatic N) is 3. The van der Waals surface area contributed by atoms with Gasteiger partial charge in [-0.3, -0.25) is 0 Å². The highest BCUT2D eigenvalue weighted by molar-refractivity contribution is 6.30. The molecular formula is C14H22ClN3O. The number of anilines is 1. The fourth-order valence-electron chi connectivity index (χ4n) is 2.07. The summed E-state index contributed by atoms with van der Waals surface area (Å²) in [6, 6.07) is 0.583. The van der Waals surface area contributed by atoms with E-state index in [1.807, 2.05) is 6.92 Å². The van der Waals surface area contributed by atoms with Gasteiger partial charge in [-0.05, 0) is 19.8 Å². The van der Waals surface area contributed by atoms with Crippen molar-refractivity contribution in [2.24, 2.45) is 0 Å². The number of hydrogen-bond acceptors (Lipinski definition) is 4. The van der Waals surface area contributed by atoms with Crippen LogP contribution in [0.15, 0.2) is 0 Å². The van der Waals surface area contributed by atoms with Crippen molar-refractivity contribution in [2.45, 2.75) is 45.6 Å². The van der Waals surface area contributed by atoms with Crippen LogP contribution < -0.4 is 4.90 Å². The number of halogens is 1. The minimum absolute atomic E-state index is 0.278. The molecule has 0 aromatic carbocycles. The monoisotopic (exact) mass is 283 g/mol. The zero-order chi connectivity index (χ0) is 14.0. The molecule has 4 nitrogen and oxygen atoms in total. The lowest BCUT2D eigenvalue weighted by Gasteiger charge is -2.26. The molecule has 0 amide bonds. The Kier molecular flexibility index (Phi) is 4.63. The topological polar surface area (TPSA) is 38.2 Å². The largest absolute Gasteiger partial charge is 0.383 e. The predicted octanol–water partition coefficient (Wildman–Crippen LogP) is 3.18. The quantitative estimate of drug-likeness (QED) is 0.752. The third-order valence-electron chi connectivity index (χ3n) is 3.39. The van der Waals surface area contributed by atoms with Crippen molar-refractivity contribution in [3.05, 3.63) is 16.5 Å². The van der Waals surface area contributed by atoms with Gasteiger partial charge in [0.1, 0.15) is 16.8 Å². The van der Waals surface area contributed by atoms with Gasteiger partial charge in [-0.2, -0.15) is 0 Å². The second kappa shape index (κ2) is 6.06. The molecule has 1 aliphatic carbocycles. The van der Waals surface area contributed by atoms with Gasteiger partial charge in [0.15, 0.2) is 0 Å². The van der Waals surface area contributed by atoms with E-state index in [0.717, 1.165) is 23.8 Å². The highest BCUT2D eigenvalue weighted by atomic mass is 35.5. The lowest BCUT2D eigenvalue weighted by atomic mass is 10.2. The minimum Gasteiger partial charge on any atom is -0.383 e. The summed E-state index contributed by atoms with van der Waals surface area (Å²) >= 11 is 6.26. The summed E-state index contributed by atoms with van der Waals surface area (Å²) in [6.45, 7) is 7.72. The second-order valence-corrected chi connectivity index (χ2v) is 5.75. The molecule has 1 saturated carbocycles. The molecule has 2 rings (SSSR count). The number of aromatic nitrogens is 2. The Hall–Kier alpha value is -0.870. The zero-order valence-electron chi connectivity index (χ0n) is 12.1. The molecule has 0 spiro atoms. The van der Waals surface area contributed by atoms with Gasteiger partial charge in [-0.15, -0.1) is 0 Å². The Labute approximate surface area is 120 Å². The molecule has 0 atom stereocenters. The van der Waals surface area contributed by atoms with Gasteiger partial charge in [0.2, 0.25) is 0 Å². The summed E-state index contributed by atoms with van der Waals surface area (Å²) in [6.07, 6.45) is 2.45. The molecule has 5 heteroatoms. The number of hydrogen-bond donors (Lipinski definition) is 0. The fraction of sp³-hybridized carbons (Fsp3) is 0.714. The van der Waals surface area contributed by atoms with E-state index in [2.05, 4.69) is 23.7 Å². The first kappa shape index (κ1) is 14.5. The summed E-state index contributed by atoms with van der Waals surface area (Å²) in [5.74, 6) is 2.07. The maximum Gasteiger partial charge on any atom is 0.137 e. The van der Waals surface area contributed by atoms with Crippen molar-refractivity contribution >= 4 is 17.4 Å². The van der Waals surface area contributed by atoms with Crippen LogP contribution in [0.25, 0.3) is 0 Å². The van der Waals surface area contributed by atoms with E-state index in [1.54, 1.807) is 7.11 Å². The van der Waals surface area contributed by atoms with E-state index < -0.39 is 0 Å². The molecule has 19 heavy (non-hydrogen) atoms. The van der Waals surface area contributed by atoms with E-state index in [-0.39, 0.29) is 5.92 Å².